The largest absolute Gasteiger partial charge is 0.490 e. The van der Waals surface area contributed by atoms with Gasteiger partial charge in [0.15, 0.2) is 0 Å². The molecule has 188 valence electrons. The average Bonchev–Trinajstić information content (AvgIpc) is 3.44. The van der Waals surface area contributed by atoms with Gasteiger partial charge in [-0.15, -0.1) is 5.10 Å². The Labute approximate surface area is 216 Å². The standard InChI is InChI=1S/C27H20FN7O3/c28-19-1-3-20(4-2-19)32-27(36)33-21-5-7-22(8-6-21)38-25-9-10-30-24-16-26(18(17-29)15-23(24)25)37-14-13-35-12-11-31-34-35/h1-12,15-16H,13-14H2,(H2,32,33,36). The van der Waals surface area contributed by atoms with Crippen molar-refractivity contribution >= 4 is 28.3 Å². The van der Waals surface area contributed by atoms with Crippen molar-refractivity contribution in [3.8, 4) is 23.3 Å². The second kappa shape index (κ2) is 11.0. The lowest BCUT2D eigenvalue weighted by atomic mass is 10.1. The Morgan fingerprint density at radius 3 is 2.39 bits per heavy atom. The van der Waals surface area contributed by atoms with E-state index in [1.807, 2.05) is 0 Å². The highest BCUT2D eigenvalue weighted by Gasteiger charge is 2.12. The van der Waals surface area contributed by atoms with Crippen LogP contribution in [0.15, 0.2) is 85.3 Å². The van der Waals surface area contributed by atoms with E-state index < -0.39 is 6.03 Å². The number of carbonyl (C=O) groups excluding carboxylic acids is 1. The molecule has 0 aliphatic carbocycles. The van der Waals surface area contributed by atoms with E-state index in [0.29, 0.717) is 58.2 Å². The van der Waals surface area contributed by atoms with Gasteiger partial charge in [-0.1, -0.05) is 5.21 Å². The van der Waals surface area contributed by atoms with Gasteiger partial charge in [0.05, 0.1) is 23.8 Å². The quantitative estimate of drug-likeness (QED) is 0.289. The van der Waals surface area contributed by atoms with E-state index in [1.54, 1.807) is 65.7 Å². The van der Waals surface area contributed by atoms with E-state index in [9.17, 15) is 14.4 Å². The van der Waals surface area contributed by atoms with Crippen LogP contribution in [0.2, 0.25) is 0 Å². The van der Waals surface area contributed by atoms with Crippen molar-refractivity contribution < 1.29 is 18.7 Å². The van der Waals surface area contributed by atoms with Crippen molar-refractivity contribution in [1.29, 1.82) is 5.26 Å². The van der Waals surface area contributed by atoms with Gasteiger partial charge in [-0.05, 0) is 60.7 Å². The summed E-state index contributed by atoms with van der Waals surface area (Å²) in [5, 5.41) is 23.3. The fourth-order valence-electron chi connectivity index (χ4n) is 3.61. The number of nitriles is 1. The van der Waals surface area contributed by atoms with Crippen molar-refractivity contribution in [2.75, 3.05) is 17.2 Å². The molecule has 0 saturated carbocycles. The lowest BCUT2D eigenvalue weighted by Crippen LogP contribution is -2.19. The van der Waals surface area contributed by atoms with E-state index >= 15 is 0 Å². The van der Waals surface area contributed by atoms with Crippen LogP contribution >= 0.6 is 0 Å². The van der Waals surface area contributed by atoms with Crippen molar-refractivity contribution in [2.45, 2.75) is 6.54 Å². The SMILES string of the molecule is N#Cc1cc2c(Oc3ccc(NC(=O)Nc4ccc(F)cc4)cc3)ccnc2cc1OCCn1ccnn1. The molecule has 3 aromatic carbocycles. The molecule has 2 heterocycles. The van der Waals surface area contributed by atoms with Crippen molar-refractivity contribution in [3.63, 3.8) is 0 Å². The van der Waals surface area contributed by atoms with E-state index in [4.69, 9.17) is 9.47 Å². The molecule has 0 saturated heterocycles. The highest BCUT2D eigenvalue weighted by atomic mass is 19.1. The lowest BCUT2D eigenvalue weighted by Gasteiger charge is -2.12. The summed E-state index contributed by atoms with van der Waals surface area (Å²) in [5.41, 5.74) is 1.96. The Morgan fingerprint density at radius 1 is 0.974 bits per heavy atom. The fraction of sp³-hybridized carbons (Fsp3) is 0.0741. The third-order valence-corrected chi connectivity index (χ3v) is 5.42. The number of benzene rings is 3. The van der Waals surface area contributed by atoms with E-state index in [2.05, 4.69) is 32.0 Å². The molecular formula is C27H20FN7O3. The van der Waals surface area contributed by atoms with Crippen molar-refractivity contribution in [1.82, 2.24) is 20.0 Å². The maximum atomic E-state index is 13.0. The Balaban J connectivity index is 1.26. The van der Waals surface area contributed by atoms with Crippen LogP contribution in [0.3, 0.4) is 0 Å². The van der Waals surface area contributed by atoms with Crippen LogP contribution in [0, 0.1) is 17.1 Å². The summed E-state index contributed by atoms with van der Waals surface area (Å²) >= 11 is 0. The number of hydrogen-bond acceptors (Lipinski definition) is 7. The van der Waals surface area contributed by atoms with Gasteiger partial charge in [-0.25, -0.2) is 13.9 Å². The molecule has 0 spiro atoms. The number of halogens is 1. The first-order valence-electron chi connectivity index (χ1n) is 11.5. The molecule has 0 fully saturated rings. The molecule has 0 aliphatic rings. The zero-order valence-electron chi connectivity index (χ0n) is 19.8. The molecule has 38 heavy (non-hydrogen) atoms. The van der Waals surface area contributed by atoms with Crippen molar-refractivity contribution in [2.24, 2.45) is 0 Å². The maximum Gasteiger partial charge on any atom is 0.323 e. The third kappa shape index (κ3) is 5.83. The smallest absolute Gasteiger partial charge is 0.323 e. The molecule has 0 atom stereocenters. The average molecular weight is 510 g/mol. The van der Waals surface area contributed by atoms with Crippen LogP contribution in [-0.2, 0) is 6.54 Å². The highest BCUT2D eigenvalue weighted by molar-refractivity contribution is 5.99. The zero-order valence-corrected chi connectivity index (χ0v) is 19.8. The molecule has 5 rings (SSSR count). The molecule has 10 nitrogen and oxygen atoms in total. The number of nitrogens with one attached hydrogen (secondary N) is 2. The second-order valence-electron chi connectivity index (χ2n) is 8.01. The molecule has 11 heteroatoms. The van der Waals surface area contributed by atoms with Crippen LogP contribution in [0.25, 0.3) is 10.9 Å². The lowest BCUT2D eigenvalue weighted by molar-refractivity contribution is 0.262. The van der Waals surface area contributed by atoms with Crippen LogP contribution in [0.1, 0.15) is 5.56 Å². The van der Waals surface area contributed by atoms with Crippen LogP contribution < -0.4 is 20.1 Å². The van der Waals surface area contributed by atoms with E-state index in [0.717, 1.165) is 0 Å². The number of urea groups is 1. The fourth-order valence-corrected chi connectivity index (χ4v) is 3.61. The Hall–Kier alpha value is -5.50. The summed E-state index contributed by atoms with van der Waals surface area (Å²) in [6.07, 6.45) is 4.92. The number of carbonyl (C=O) groups is 1. The van der Waals surface area contributed by atoms with E-state index in [-0.39, 0.29) is 5.82 Å². The van der Waals surface area contributed by atoms with Gasteiger partial charge in [0.25, 0.3) is 0 Å². The number of rotatable bonds is 8. The molecule has 0 radical (unpaired) electrons. The molecule has 2 N–H and O–H groups in total. The molecular weight excluding hydrogens is 489 g/mol. The van der Waals surface area contributed by atoms with E-state index in [1.165, 1.54) is 24.3 Å². The number of aromatic nitrogens is 4. The molecule has 2 aromatic heterocycles. The third-order valence-electron chi connectivity index (χ3n) is 5.42. The van der Waals surface area contributed by atoms with Gasteiger partial charge in [0.2, 0.25) is 0 Å². The Bertz CT molecular complexity index is 1600. The molecule has 0 aliphatic heterocycles. The molecule has 5 aromatic rings. The topological polar surface area (TPSA) is 127 Å². The first-order valence-corrected chi connectivity index (χ1v) is 11.5. The highest BCUT2D eigenvalue weighted by Crippen LogP contribution is 2.33. The molecule has 0 unspecified atom stereocenters. The normalized spacial score (nSPS) is 10.5. The number of amides is 2. The summed E-state index contributed by atoms with van der Waals surface area (Å²) < 4.78 is 26.5. The minimum Gasteiger partial charge on any atom is -0.490 e. The van der Waals surface area contributed by atoms with Crippen LogP contribution in [0.4, 0.5) is 20.6 Å². The van der Waals surface area contributed by atoms with Crippen LogP contribution in [0.5, 0.6) is 17.2 Å². The first kappa shape index (κ1) is 24.2. The number of nitrogens with zero attached hydrogens (tertiary/aromatic N) is 5. The van der Waals surface area contributed by atoms with Crippen LogP contribution in [-0.4, -0.2) is 32.6 Å². The number of ether oxygens (including phenoxy) is 2. The van der Waals surface area contributed by atoms with Gasteiger partial charge in [0.1, 0.15) is 35.7 Å². The molecule has 2 amide bonds. The minimum absolute atomic E-state index is 0.308. The predicted octanol–water partition coefficient (Wildman–Crippen LogP) is 5.35. The summed E-state index contributed by atoms with van der Waals surface area (Å²) in [6, 6.07) is 19.0. The monoisotopic (exact) mass is 509 g/mol. The summed E-state index contributed by atoms with van der Waals surface area (Å²) in [6.45, 7) is 0.792. The zero-order chi connectivity index (χ0) is 26.3. The van der Waals surface area contributed by atoms with Gasteiger partial charge in [-0.3, -0.25) is 4.98 Å². The first-order chi connectivity index (χ1) is 18.6. The predicted molar refractivity (Wildman–Crippen MR) is 138 cm³/mol. The van der Waals surface area contributed by atoms with Gasteiger partial charge >= 0.3 is 6.03 Å². The number of pyridine rings is 1. The number of fused-ring (bicyclic) bond motifs is 1. The molecule has 0 bridgehead atoms. The summed E-state index contributed by atoms with van der Waals surface area (Å²) in [7, 11) is 0. The second-order valence-corrected chi connectivity index (χ2v) is 8.01. The Kier molecular flexibility index (Phi) is 7.04. The van der Waals surface area contributed by atoms with Crippen molar-refractivity contribution in [3.05, 3.63) is 96.7 Å². The maximum absolute atomic E-state index is 13.0. The summed E-state index contributed by atoms with van der Waals surface area (Å²) in [5.74, 6) is 1.06. The minimum atomic E-state index is -0.464. The van der Waals surface area contributed by atoms with Gasteiger partial charge < -0.3 is 20.1 Å². The Morgan fingerprint density at radius 2 is 1.71 bits per heavy atom. The van der Waals surface area contributed by atoms with Gasteiger partial charge in [0, 0.05) is 35.2 Å². The number of hydrogen-bond donors (Lipinski definition) is 2. The number of anilines is 2. The summed E-state index contributed by atoms with van der Waals surface area (Å²) in [4.78, 5) is 16.6. The van der Waals surface area contributed by atoms with Gasteiger partial charge in [-0.2, -0.15) is 5.26 Å².